The molecule has 0 saturated heterocycles. The maximum Gasteiger partial charge on any atom is 0.155 e. The lowest BCUT2D eigenvalue weighted by Gasteiger charge is -2.36. The van der Waals surface area contributed by atoms with Gasteiger partial charge in [0.15, 0.2) is 6.29 Å². The van der Waals surface area contributed by atoms with E-state index in [1.54, 1.807) is 0 Å². The molecule has 0 heterocycles. The van der Waals surface area contributed by atoms with Gasteiger partial charge in [-0.3, -0.25) is 0 Å². The highest BCUT2D eigenvalue weighted by molar-refractivity contribution is 5.00. The number of aliphatic hydroxyl groups is 2. The van der Waals surface area contributed by atoms with Crippen molar-refractivity contribution in [3.63, 3.8) is 0 Å². The van der Waals surface area contributed by atoms with Crippen molar-refractivity contribution < 1.29 is 10.2 Å². The van der Waals surface area contributed by atoms with E-state index in [9.17, 15) is 10.2 Å². The third-order valence-electron chi connectivity index (χ3n) is 3.78. The molecule has 0 aromatic rings. The topological polar surface area (TPSA) is 40.5 Å². The van der Waals surface area contributed by atoms with Crippen LogP contribution >= 0.6 is 0 Å². The van der Waals surface area contributed by atoms with Crippen molar-refractivity contribution in [2.24, 2.45) is 11.3 Å². The second kappa shape index (κ2) is 8.49. The van der Waals surface area contributed by atoms with Crippen LogP contribution in [0.15, 0.2) is 24.3 Å². The maximum atomic E-state index is 9.61. The molecule has 0 saturated carbocycles. The Morgan fingerprint density at radius 1 is 1.33 bits per heavy atom. The van der Waals surface area contributed by atoms with Gasteiger partial charge in [-0.2, -0.15) is 0 Å². The molecule has 18 heavy (non-hydrogen) atoms. The summed E-state index contributed by atoms with van der Waals surface area (Å²) in [6, 6.07) is 0. The summed E-state index contributed by atoms with van der Waals surface area (Å²) in [5.74, 6) is -0.125. The molecule has 2 nitrogen and oxygen atoms in total. The molecule has 2 unspecified atom stereocenters. The zero-order chi connectivity index (χ0) is 14.2. The first-order valence-corrected chi connectivity index (χ1v) is 7.00. The Bertz CT molecular complexity index is 264. The smallest absolute Gasteiger partial charge is 0.155 e. The summed E-state index contributed by atoms with van der Waals surface area (Å²) in [5.41, 5.74) is 1.09. The van der Waals surface area contributed by atoms with E-state index in [2.05, 4.69) is 40.3 Å². The van der Waals surface area contributed by atoms with Gasteiger partial charge in [-0.05, 0) is 38.5 Å². The molecule has 2 N–H and O–H groups in total. The summed E-state index contributed by atoms with van der Waals surface area (Å²) in [5, 5.41) is 19.2. The Morgan fingerprint density at radius 3 is 2.33 bits per heavy atom. The van der Waals surface area contributed by atoms with E-state index in [0.29, 0.717) is 0 Å². The molecule has 0 aliphatic heterocycles. The van der Waals surface area contributed by atoms with Crippen LogP contribution in [0.3, 0.4) is 0 Å². The van der Waals surface area contributed by atoms with Gasteiger partial charge < -0.3 is 10.2 Å². The SMILES string of the molecule is C=CC(C)(CCC=C(C)C)C(CCCC)C(O)O. The van der Waals surface area contributed by atoms with Crippen LogP contribution in [0.2, 0.25) is 0 Å². The van der Waals surface area contributed by atoms with E-state index in [0.717, 1.165) is 32.1 Å². The van der Waals surface area contributed by atoms with Crippen molar-refractivity contribution in [2.75, 3.05) is 0 Å². The molecule has 0 aromatic heterocycles. The number of allylic oxidation sites excluding steroid dienone is 3. The normalized spacial score (nSPS) is 16.2. The highest BCUT2D eigenvalue weighted by Crippen LogP contribution is 2.39. The van der Waals surface area contributed by atoms with Gasteiger partial charge in [0, 0.05) is 5.92 Å². The predicted octanol–water partition coefficient (Wildman–Crippen LogP) is 4.04. The van der Waals surface area contributed by atoms with E-state index < -0.39 is 6.29 Å². The zero-order valence-corrected chi connectivity index (χ0v) is 12.4. The highest BCUT2D eigenvalue weighted by atomic mass is 16.5. The fourth-order valence-electron chi connectivity index (χ4n) is 2.35. The molecule has 0 amide bonds. The summed E-state index contributed by atoms with van der Waals surface area (Å²) < 4.78 is 0. The minimum Gasteiger partial charge on any atom is -0.368 e. The van der Waals surface area contributed by atoms with Crippen LogP contribution in [0.4, 0.5) is 0 Å². The summed E-state index contributed by atoms with van der Waals surface area (Å²) in [4.78, 5) is 0. The molecule has 0 fully saturated rings. The number of unbranched alkanes of at least 4 members (excludes halogenated alkanes) is 1. The van der Waals surface area contributed by atoms with E-state index in [4.69, 9.17) is 0 Å². The van der Waals surface area contributed by atoms with Crippen LogP contribution in [-0.2, 0) is 0 Å². The lowest BCUT2D eigenvalue weighted by Crippen LogP contribution is -2.35. The molecule has 0 spiro atoms. The van der Waals surface area contributed by atoms with Gasteiger partial charge in [0.1, 0.15) is 0 Å². The Hall–Kier alpha value is -0.600. The Labute approximate surface area is 112 Å². The van der Waals surface area contributed by atoms with Gasteiger partial charge in [0.25, 0.3) is 0 Å². The fourth-order valence-corrected chi connectivity index (χ4v) is 2.35. The Balaban J connectivity index is 4.72. The molecule has 2 atom stereocenters. The third kappa shape index (κ3) is 5.83. The molecule has 2 heteroatoms. The second-order valence-electron chi connectivity index (χ2n) is 5.69. The fraction of sp³-hybridized carbons (Fsp3) is 0.750. The molecule has 106 valence electrons. The minimum absolute atomic E-state index is 0.125. The number of aliphatic hydroxyl groups excluding tert-OH is 1. The van der Waals surface area contributed by atoms with Crippen molar-refractivity contribution in [3.8, 4) is 0 Å². The standard InChI is InChI=1S/C16H30O2/c1-6-8-11-14(15(17)18)16(5,7-2)12-9-10-13(3)4/h7,10,14-15,17-18H,2,6,8-9,11-12H2,1,3-5H3. The van der Waals surface area contributed by atoms with Gasteiger partial charge >= 0.3 is 0 Å². The van der Waals surface area contributed by atoms with Crippen LogP contribution in [-0.4, -0.2) is 16.5 Å². The van der Waals surface area contributed by atoms with Gasteiger partial charge in [-0.15, -0.1) is 6.58 Å². The maximum absolute atomic E-state index is 9.61. The summed E-state index contributed by atoms with van der Waals surface area (Å²) in [7, 11) is 0. The summed E-state index contributed by atoms with van der Waals surface area (Å²) >= 11 is 0. The van der Waals surface area contributed by atoms with Crippen LogP contribution in [0, 0.1) is 11.3 Å². The first-order chi connectivity index (χ1) is 8.37. The van der Waals surface area contributed by atoms with E-state index in [1.807, 2.05) is 6.08 Å². The molecule has 0 aliphatic carbocycles. The van der Waals surface area contributed by atoms with Crippen LogP contribution in [0.25, 0.3) is 0 Å². The van der Waals surface area contributed by atoms with Gasteiger partial charge in [0.2, 0.25) is 0 Å². The summed E-state index contributed by atoms with van der Waals surface area (Å²) in [6.45, 7) is 12.3. The molecule has 0 bridgehead atoms. The predicted molar refractivity (Wildman–Crippen MR) is 78.2 cm³/mol. The number of hydrogen-bond acceptors (Lipinski definition) is 2. The largest absolute Gasteiger partial charge is 0.368 e. The Kier molecular flexibility index (Phi) is 8.21. The summed E-state index contributed by atoms with van der Waals surface area (Å²) in [6.07, 6.45) is 7.64. The molecular formula is C16H30O2. The Morgan fingerprint density at radius 2 is 1.94 bits per heavy atom. The quantitative estimate of drug-likeness (QED) is 0.481. The van der Waals surface area contributed by atoms with E-state index in [1.165, 1.54) is 5.57 Å². The van der Waals surface area contributed by atoms with Crippen molar-refractivity contribution >= 4 is 0 Å². The van der Waals surface area contributed by atoms with E-state index >= 15 is 0 Å². The monoisotopic (exact) mass is 254 g/mol. The molecule has 0 radical (unpaired) electrons. The highest BCUT2D eigenvalue weighted by Gasteiger charge is 2.34. The second-order valence-corrected chi connectivity index (χ2v) is 5.69. The van der Waals surface area contributed by atoms with Crippen molar-refractivity contribution in [3.05, 3.63) is 24.3 Å². The molecule has 0 aliphatic rings. The van der Waals surface area contributed by atoms with Gasteiger partial charge in [0.05, 0.1) is 0 Å². The van der Waals surface area contributed by atoms with Crippen molar-refractivity contribution in [1.82, 2.24) is 0 Å². The third-order valence-corrected chi connectivity index (χ3v) is 3.78. The number of rotatable bonds is 9. The minimum atomic E-state index is -1.26. The first-order valence-electron chi connectivity index (χ1n) is 7.00. The number of hydrogen-bond donors (Lipinski definition) is 2. The average Bonchev–Trinajstić information content (AvgIpc) is 2.28. The van der Waals surface area contributed by atoms with Gasteiger partial charge in [-0.1, -0.05) is 44.4 Å². The van der Waals surface area contributed by atoms with Crippen molar-refractivity contribution in [2.45, 2.75) is 66.1 Å². The molecule has 0 rings (SSSR count). The lowest BCUT2D eigenvalue weighted by molar-refractivity contribution is -0.116. The lowest BCUT2D eigenvalue weighted by atomic mass is 9.71. The molecular weight excluding hydrogens is 224 g/mol. The molecule has 0 aromatic carbocycles. The van der Waals surface area contributed by atoms with Crippen molar-refractivity contribution in [1.29, 1.82) is 0 Å². The van der Waals surface area contributed by atoms with Crippen LogP contribution in [0.1, 0.15) is 59.8 Å². The first kappa shape index (κ1) is 17.4. The zero-order valence-electron chi connectivity index (χ0n) is 12.4. The van der Waals surface area contributed by atoms with Crippen LogP contribution in [0.5, 0.6) is 0 Å². The van der Waals surface area contributed by atoms with Crippen LogP contribution < -0.4 is 0 Å². The van der Waals surface area contributed by atoms with E-state index in [-0.39, 0.29) is 11.3 Å². The average molecular weight is 254 g/mol. The van der Waals surface area contributed by atoms with Gasteiger partial charge in [-0.25, -0.2) is 0 Å².